The first kappa shape index (κ1) is 22.4. The Bertz CT molecular complexity index is 1450. The highest BCUT2D eigenvalue weighted by Gasteiger charge is 2.24. The van der Waals surface area contributed by atoms with Crippen LogP contribution in [0.4, 0.5) is 10.2 Å². The highest BCUT2D eigenvalue weighted by Crippen LogP contribution is 2.33. The van der Waals surface area contributed by atoms with Crippen LogP contribution in [-0.2, 0) is 6.54 Å². The number of amides is 1. The standard InChI is InChI=1S/C25H23FN8O/c26-20-10-16(6-7-18(20)12-30-25(35)17-4-1-3-15(9-17)11-27)22-21-23(28)31-14-32-24(21)34(33-22)19-5-2-8-29-13-19/h1,3-4,6-7,9-10,14,19,29H,2,5,8,12-13H2,(H,30,35)(H2,28,31,32)/t19-/m1/s1. The number of nitrogen functional groups attached to an aromatic ring is 1. The van der Waals surface area contributed by atoms with Crippen molar-refractivity contribution in [1.29, 1.82) is 5.26 Å². The van der Waals surface area contributed by atoms with Crippen molar-refractivity contribution in [2.24, 2.45) is 0 Å². The third kappa shape index (κ3) is 4.41. The van der Waals surface area contributed by atoms with E-state index < -0.39 is 5.82 Å². The third-order valence-electron chi connectivity index (χ3n) is 6.15. The molecule has 0 saturated carbocycles. The minimum Gasteiger partial charge on any atom is -0.383 e. The molecule has 1 amide bonds. The third-order valence-corrected chi connectivity index (χ3v) is 6.15. The van der Waals surface area contributed by atoms with E-state index in [1.54, 1.807) is 30.3 Å². The van der Waals surface area contributed by atoms with Crippen molar-refractivity contribution in [1.82, 2.24) is 30.4 Å². The predicted octanol–water partition coefficient (Wildman–Crippen LogP) is 2.94. The number of hydrogen-bond acceptors (Lipinski definition) is 7. The normalized spacial score (nSPS) is 15.6. The van der Waals surface area contributed by atoms with Gasteiger partial charge in [-0.25, -0.2) is 19.0 Å². The second-order valence-electron chi connectivity index (χ2n) is 8.43. The van der Waals surface area contributed by atoms with Gasteiger partial charge < -0.3 is 16.4 Å². The molecule has 3 heterocycles. The molecule has 0 bridgehead atoms. The molecule has 4 N–H and O–H groups in total. The number of nitrogens with one attached hydrogen (secondary N) is 2. The predicted molar refractivity (Wildman–Crippen MR) is 129 cm³/mol. The fraction of sp³-hybridized carbons (Fsp3) is 0.240. The van der Waals surface area contributed by atoms with Gasteiger partial charge in [-0.15, -0.1) is 0 Å². The Balaban J connectivity index is 1.42. The fourth-order valence-electron chi connectivity index (χ4n) is 4.34. The summed E-state index contributed by atoms with van der Waals surface area (Å²) in [5.74, 6) is -0.580. The maximum absolute atomic E-state index is 15.1. The maximum atomic E-state index is 15.1. The lowest BCUT2D eigenvalue weighted by Crippen LogP contribution is -2.32. The Labute approximate surface area is 200 Å². The van der Waals surface area contributed by atoms with E-state index in [1.807, 2.05) is 10.8 Å². The zero-order valence-corrected chi connectivity index (χ0v) is 18.8. The zero-order chi connectivity index (χ0) is 24.4. The van der Waals surface area contributed by atoms with Crippen LogP contribution in [0.15, 0.2) is 48.8 Å². The van der Waals surface area contributed by atoms with Crippen LogP contribution in [0, 0.1) is 17.1 Å². The van der Waals surface area contributed by atoms with Gasteiger partial charge in [-0.05, 0) is 43.7 Å². The summed E-state index contributed by atoms with van der Waals surface area (Å²) >= 11 is 0. The van der Waals surface area contributed by atoms with Gasteiger partial charge in [0.2, 0.25) is 0 Å². The van der Waals surface area contributed by atoms with Crippen LogP contribution >= 0.6 is 0 Å². The van der Waals surface area contributed by atoms with E-state index in [2.05, 4.69) is 20.6 Å². The van der Waals surface area contributed by atoms with Crippen LogP contribution in [0.25, 0.3) is 22.3 Å². The van der Waals surface area contributed by atoms with Crippen LogP contribution in [0.1, 0.15) is 40.4 Å². The van der Waals surface area contributed by atoms with E-state index >= 15 is 4.39 Å². The van der Waals surface area contributed by atoms with Crippen LogP contribution < -0.4 is 16.4 Å². The molecule has 1 saturated heterocycles. The maximum Gasteiger partial charge on any atom is 0.251 e. The monoisotopic (exact) mass is 470 g/mol. The molecule has 5 rings (SSSR count). The number of hydrogen-bond donors (Lipinski definition) is 3. The van der Waals surface area contributed by atoms with Crippen LogP contribution in [0.5, 0.6) is 0 Å². The topological polar surface area (TPSA) is 135 Å². The average molecular weight is 471 g/mol. The summed E-state index contributed by atoms with van der Waals surface area (Å²) in [6.45, 7) is 1.73. The summed E-state index contributed by atoms with van der Waals surface area (Å²) in [5, 5.41) is 20.5. The molecule has 1 aliphatic rings. The van der Waals surface area contributed by atoms with Crippen molar-refractivity contribution >= 4 is 22.8 Å². The van der Waals surface area contributed by atoms with Gasteiger partial charge in [0.05, 0.1) is 23.1 Å². The highest BCUT2D eigenvalue weighted by molar-refractivity contribution is 5.98. The van der Waals surface area contributed by atoms with Crippen molar-refractivity contribution in [2.45, 2.75) is 25.4 Å². The van der Waals surface area contributed by atoms with E-state index in [4.69, 9.17) is 16.1 Å². The van der Waals surface area contributed by atoms with Gasteiger partial charge in [0.25, 0.3) is 5.91 Å². The minimum atomic E-state index is -0.481. The zero-order valence-electron chi connectivity index (χ0n) is 18.8. The number of rotatable bonds is 5. The quantitative estimate of drug-likeness (QED) is 0.408. The van der Waals surface area contributed by atoms with E-state index in [1.165, 1.54) is 18.5 Å². The fourth-order valence-corrected chi connectivity index (χ4v) is 4.34. The van der Waals surface area contributed by atoms with Crippen molar-refractivity contribution in [3.05, 3.63) is 71.3 Å². The molecule has 9 nitrogen and oxygen atoms in total. The van der Waals surface area contributed by atoms with Crippen molar-refractivity contribution in [3.63, 3.8) is 0 Å². The lowest BCUT2D eigenvalue weighted by Gasteiger charge is -2.23. The Hall–Kier alpha value is -4.36. The molecule has 10 heteroatoms. The Kier molecular flexibility index (Phi) is 6.08. The van der Waals surface area contributed by atoms with Crippen LogP contribution in [-0.4, -0.2) is 38.7 Å². The van der Waals surface area contributed by atoms with E-state index in [0.717, 1.165) is 25.9 Å². The molecule has 1 atom stereocenters. The summed E-state index contributed by atoms with van der Waals surface area (Å²) < 4.78 is 16.9. The first-order valence-electron chi connectivity index (χ1n) is 11.3. The summed E-state index contributed by atoms with van der Waals surface area (Å²) in [4.78, 5) is 21.0. The Morgan fingerprint density at radius 2 is 2.17 bits per heavy atom. The minimum absolute atomic E-state index is 0.00406. The number of carbonyl (C=O) groups excluding carboxylic acids is 1. The number of nitrogens with two attached hydrogens (primary N) is 1. The molecule has 4 aromatic rings. The molecule has 0 spiro atoms. The smallest absolute Gasteiger partial charge is 0.251 e. The molecule has 0 radical (unpaired) electrons. The van der Waals surface area contributed by atoms with Crippen molar-refractivity contribution in [3.8, 4) is 17.3 Å². The number of aromatic nitrogens is 4. The molecule has 176 valence electrons. The number of carbonyl (C=O) groups is 1. The number of nitrogens with zero attached hydrogens (tertiary/aromatic N) is 5. The van der Waals surface area contributed by atoms with Crippen LogP contribution in [0.2, 0.25) is 0 Å². The summed E-state index contributed by atoms with van der Waals surface area (Å²) in [6.07, 6.45) is 3.39. The first-order valence-corrected chi connectivity index (χ1v) is 11.3. The lowest BCUT2D eigenvalue weighted by molar-refractivity contribution is 0.0950. The second kappa shape index (κ2) is 9.48. The largest absolute Gasteiger partial charge is 0.383 e. The van der Waals surface area contributed by atoms with Gasteiger partial charge in [-0.2, -0.15) is 10.4 Å². The van der Waals surface area contributed by atoms with Gasteiger partial charge in [-0.1, -0.05) is 18.2 Å². The second-order valence-corrected chi connectivity index (χ2v) is 8.43. The SMILES string of the molecule is N#Cc1cccc(C(=O)NCc2ccc(-c3nn([C@@H]4CCCNC4)c4ncnc(N)c34)cc2F)c1. The van der Waals surface area contributed by atoms with Gasteiger partial charge in [0.15, 0.2) is 5.65 Å². The molecule has 1 aliphatic heterocycles. The van der Waals surface area contributed by atoms with Gasteiger partial charge in [0.1, 0.15) is 23.7 Å². The molecular formula is C25H23FN8O. The highest BCUT2D eigenvalue weighted by atomic mass is 19.1. The number of piperidine rings is 1. The number of anilines is 1. The van der Waals surface area contributed by atoms with Gasteiger partial charge in [-0.3, -0.25) is 4.79 Å². The van der Waals surface area contributed by atoms with Gasteiger partial charge in [0, 0.05) is 29.8 Å². The number of nitriles is 1. The molecule has 2 aromatic carbocycles. The average Bonchev–Trinajstić information content (AvgIpc) is 3.29. The van der Waals surface area contributed by atoms with E-state index in [0.29, 0.717) is 39.0 Å². The summed E-state index contributed by atoms with van der Waals surface area (Å²) in [6, 6.07) is 13.2. The Morgan fingerprint density at radius 3 is 2.94 bits per heavy atom. The molecule has 0 aliphatic carbocycles. The lowest BCUT2D eigenvalue weighted by atomic mass is 10.1. The van der Waals surface area contributed by atoms with Crippen molar-refractivity contribution in [2.75, 3.05) is 18.8 Å². The molecule has 2 aromatic heterocycles. The molecule has 1 fully saturated rings. The number of halogens is 1. The number of fused-ring (bicyclic) bond motifs is 1. The van der Waals surface area contributed by atoms with Crippen molar-refractivity contribution < 1.29 is 9.18 Å². The molecular weight excluding hydrogens is 447 g/mol. The summed E-state index contributed by atoms with van der Waals surface area (Å²) in [7, 11) is 0. The van der Waals surface area contributed by atoms with E-state index in [-0.39, 0.29) is 24.3 Å². The van der Waals surface area contributed by atoms with Crippen LogP contribution in [0.3, 0.4) is 0 Å². The van der Waals surface area contributed by atoms with Gasteiger partial charge >= 0.3 is 0 Å². The first-order chi connectivity index (χ1) is 17.0. The molecule has 0 unspecified atom stereocenters. The van der Waals surface area contributed by atoms with E-state index in [9.17, 15) is 4.79 Å². The molecule has 35 heavy (non-hydrogen) atoms. The number of benzene rings is 2. The Morgan fingerprint density at radius 1 is 1.29 bits per heavy atom. The summed E-state index contributed by atoms with van der Waals surface area (Å²) in [5.41, 5.74) is 8.92.